The van der Waals surface area contributed by atoms with E-state index in [1.54, 1.807) is 36.4 Å². The smallest absolute Gasteiger partial charge is 0.417 e. The summed E-state index contributed by atoms with van der Waals surface area (Å²) in [6.07, 6.45) is -0.626. The number of anilines is 1. The fraction of sp³-hybridized carbons (Fsp3) is 0.0667. The van der Waals surface area contributed by atoms with Gasteiger partial charge < -0.3 is 9.47 Å². The van der Waals surface area contributed by atoms with Crippen LogP contribution in [0.3, 0.4) is 0 Å². The summed E-state index contributed by atoms with van der Waals surface area (Å²) >= 11 is 0. The monoisotopic (exact) mass is 268 g/mol. The van der Waals surface area contributed by atoms with Crippen molar-refractivity contribution in [3.05, 3.63) is 54.1 Å². The van der Waals surface area contributed by atoms with Crippen LogP contribution in [-0.4, -0.2) is 13.2 Å². The molecule has 2 aromatic rings. The molecule has 0 fully saturated rings. The maximum atomic E-state index is 11.8. The Labute approximate surface area is 116 Å². The lowest BCUT2D eigenvalue weighted by molar-refractivity contribution is 0.215. The van der Waals surface area contributed by atoms with Crippen LogP contribution in [0.5, 0.6) is 11.5 Å². The van der Waals surface area contributed by atoms with E-state index in [0.29, 0.717) is 22.7 Å². The van der Waals surface area contributed by atoms with Crippen LogP contribution in [0, 0.1) is 11.3 Å². The molecule has 0 bridgehead atoms. The quantitative estimate of drug-likeness (QED) is 0.928. The van der Waals surface area contributed by atoms with Crippen molar-refractivity contribution < 1.29 is 14.3 Å². The average Bonchev–Trinajstić information content (AvgIpc) is 2.48. The molecule has 100 valence electrons. The minimum absolute atomic E-state index is 0.397. The number of carbonyl (C=O) groups is 1. The number of methoxy groups -OCH3 is 1. The molecule has 0 atom stereocenters. The number of nitrogens with zero attached hydrogens (tertiary/aromatic N) is 1. The van der Waals surface area contributed by atoms with Gasteiger partial charge in [0.1, 0.15) is 11.5 Å². The summed E-state index contributed by atoms with van der Waals surface area (Å²) in [4.78, 5) is 11.8. The summed E-state index contributed by atoms with van der Waals surface area (Å²) in [5.41, 5.74) is 0.885. The van der Waals surface area contributed by atoms with E-state index in [2.05, 4.69) is 5.32 Å². The summed E-state index contributed by atoms with van der Waals surface area (Å²) < 4.78 is 10.2. The number of nitrogens with one attached hydrogen (secondary N) is 1. The highest BCUT2D eigenvalue weighted by molar-refractivity contribution is 5.88. The normalized spacial score (nSPS) is 9.40. The number of amides is 1. The molecular weight excluding hydrogens is 256 g/mol. The van der Waals surface area contributed by atoms with Gasteiger partial charge in [-0.15, -0.1) is 0 Å². The number of ether oxygens (including phenoxy) is 2. The third-order valence-electron chi connectivity index (χ3n) is 2.52. The van der Waals surface area contributed by atoms with Gasteiger partial charge in [0, 0.05) is 6.07 Å². The van der Waals surface area contributed by atoms with Gasteiger partial charge in [-0.2, -0.15) is 5.26 Å². The molecule has 2 rings (SSSR count). The van der Waals surface area contributed by atoms with E-state index in [-0.39, 0.29) is 0 Å². The fourth-order valence-electron chi connectivity index (χ4n) is 1.60. The van der Waals surface area contributed by atoms with Crippen molar-refractivity contribution in [2.45, 2.75) is 0 Å². The van der Waals surface area contributed by atoms with Gasteiger partial charge in [-0.25, -0.2) is 4.79 Å². The van der Waals surface area contributed by atoms with Crippen molar-refractivity contribution in [3.63, 3.8) is 0 Å². The van der Waals surface area contributed by atoms with Crippen LogP contribution >= 0.6 is 0 Å². The van der Waals surface area contributed by atoms with Crippen LogP contribution in [-0.2, 0) is 0 Å². The van der Waals surface area contributed by atoms with Gasteiger partial charge in [-0.05, 0) is 24.3 Å². The van der Waals surface area contributed by atoms with Crippen LogP contribution in [0.15, 0.2) is 48.5 Å². The van der Waals surface area contributed by atoms with Crippen LogP contribution in [0.2, 0.25) is 0 Å². The van der Waals surface area contributed by atoms with Gasteiger partial charge in [0.25, 0.3) is 0 Å². The number of carbonyl (C=O) groups excluding carboxylic acids is 1. The zero-order valence-corrected chi connectivity index (χ0v) is 10.8. The van der Waals surface area contributed by atoms with Crippen molar-refractivity contribution in [1.82, 2.24) is 0 Å². The predicted octanol–water partition coefficient (Wildman–Crippen LogP) is 3.18. The number of para-hydroxylation sites is 1. The Bertz CT molecular complexity index is 648. The number of hydrogen-bond donors (Lipinski definition) is 1. The second-order valence-electron chi connectivity index (χ2n) is 3.85. The fourth-order valence-corrected chi connectivity index (χ4v) is 1.60. The first-order valence-corrected chi connectivity index (χ1v) is 5.85. The molecule has 0 unspecified atom stereocenters. The summed E-state index contributed by atoms with van der Waals surface area (Å²) in [5, 5.41) is 11.4. The Morgan fingerprint density at radius 1 is 1.20 bits per heavy atom. The average molecular weight is 268 g/mol. The van der Waals surface area contributed by atoms with Crippen molar-refractivity contribution in [3.8, 4) is 17.6 Å². The SMILES string of the molecule is COc1cc(C#N)ccc1NC(=O)Oc1ccccc1. The largest absolute Gasteiger partial charge is 0.495 e. The zero-order valence-electron chi connectivity index (χ0n) is 10.8. The van der Waals surface area contributed by atoms with Gasteiger partial charge in [0.15, 0.2) is 0 Å². The van der Waals surface area contributed by atoms with Gasteiger partial charge in [0.05, 0.1) is 24.4 Å². The second kappa shape index (κ2) is 6.25. The molecule has 0 saturated heterocycles. The molecule has 0 aliphatic heterocycles. The molecule has 5 heteroatoms. The molecule has 0 aliphatic rings. The second-order valence-corrected chi connectivity index (χ2v) is 3.85. The molecule has 1 N–H and O–H groups in total. The first-order valence-electron chi connectivity index (χ1n) is 5.85. The molecule has 2 aromatic carbocycles. The van der Waals surface area contributed by atoms with Gasteiger partial charge >= 0.3 is 6.09 Å². The third-order valence-corrected chi connectivity index (χ3v) is 2.52. The lowest BCUT2D eigenvalue weighted by Gasteiger charge is -2.10. The highest BCUT2D eigenvalue weighted by Gasteiger charge is 2.10. The van der Waals surface area contributed by atoms with E-state index in [9.17, 15) is 4.79 Å². The molecule has 0 aliphatic carbocycles. The summed E-state index contributed by atoms with van der Waals surface area (Å²) in [5.74, 6) is 0.840. The first-order chi connectivity index (χ1) is 9.72. The molecule has 0 aromatic heterocycles. The summed E-state index contributed by atoms with van der Waals surface area (Å²) in [6.45, 7) is 0. The number of rotatable bonds is 3. The molecule has 0 radical (unpaired) electrons. The van der Waals surface area contributed by atoms with E-state index in [1.807, 2.05) is 12.1 Å². The van der Waals surface area contributed by atoms with Gasteiger partial charge in [-0.1, -0.05) is 18.2 Å². The van der Waals surface area contributed by atoms with Crippen molar-refractivity contribution in [1.29, 1.82) is 5.26 Å². The Morgan fingerprint density at radius 3 is 2.60 bits per heavy atom. The van der Waals surface area contributed by atoms with Crippen LogP contribution in [0.25, 0.3) is 0 Å². The van der Waals surface area contributed by atoms with E-state index >= 15 is 0 Å². The molecule has 5 nitrogen and oxygen atoms in total. The highest BCUT2D eigenvalue weighted by atomic mass is 16.6. The maximum Gasteiger partial charge on any atom is 0.417 e. The van der Waals surface area contributed by atoms with Crippen molar-refractivity contribution >= 4 is 11.8 Å². The zero-order chi connectivity index (χ0) is 14.4. The van der Waals surface area contributed by atoms with E-state index in [4.69, 9.17) is 14.7 Å². The minimum Gasteiger partial charge on any atom is -0.495 e. The third kappa shape index (κ3) is 3.27. The van der Waals surface area contributed by atoms with E-state index < -0.39 is 6.09 Å². The lowest BCUT2D eigenvalue weighted by Crippen LogP contribution is -2.17. The van der Waals surface area contributed by atoms with E-state index in [1.165, 1.54) is 13.2 Å². The van der Waals surface area contributed by atoms with Crippen LogP contribution < -0.4 is 14.8 Å². The van der Waals surface area contributed by atoms with Crippen molar-refractivity contribution in [2.24, 2.45) is 0 Å². The predicted molar refractivity (Wildman–Crippen MR) is 73.8 cm³/mol. The molecule has 0 heterocycles. The highest BCUT2D eigenvalue weighted by Crippen LogP contribution is 2.25. The van der Waals surface area contributed by atoms with Gasteiger partial charge in [0.2, 0.25) is 0 Å². The Balaban J connectivity index is 2.10. The molecule has 1 amide bonds. The Kier molecular flexibility index (Phi) is 4.20. The number of benzene rings is 2. The Hall–Kier alpha value is -3.00. The first kappa shape index (κ1) is 13.4. The van der Waals surface area contributed by atoms with Crippen molar-refractivity contribution in [2.75, 3.05) is 12.4 Å². The topological polar surface area (TPSA) is 71.3 Å². The molecule has 20 heavy (non-hydrogen) atoms. The molecule has 0 spiro atoms. The van der Waals surface area contributed by atoms with Crippen LogP contribution in [0.4, 0.5) is 10.5 Å². The molecular formula is C15H12N2O3. The van der Waals surface area contributed by atoms with Crippen LogP contribution in [0.1, 0.15) is 5.56 Å². The van der Waals surface area contributed by atoms with E-state index in [0.717, 1.165) is 0 Å². The molecule has 0 saturated carbocycles. The minimum atomic E-state index is -0.626. The summed E-state index contributed by atoms with van der Waals surface area (Å²) in [7, 11) is 1.46. The van der Waals surface area contributed by atoms with Gasteiger partial charge in [-0.3, -0.25) is 5.32 Å². The number of nitriles is 1. The Morgan fingerprint density at radius 2 is 1.95 bits per heavy atom. The standard InChI is InChI=1S/C15H12N2O3/c1-19-14-9-11(10-16)7-8-13(14)17-15(18)20-12-5-3-2-4-6-12/h2-9H,1H3,(H,17,18). The summed E-state index contributed by atoms with van der Waals surface area (Å²) in [6, 6.07) is 15.4. The lowest BCUT2D eigenvalue weighted by atomic mass is 10.2. The maximum absolute atomic E-state index is 11.8. The number of hydrogen-bond acceptors (Lipinski definition) is 4.